The van der Waals surface area contributed by atoms with Crippen molar-refractivity contribution >= 4 is 17.1 Å². The van der Waals surface area contributed by atoms with Crippen LogP contribution in [0.25, 0.3) is 10.9 Å². The van der Waals surface area contributed by atoms with Crippen LogP contribution in [0.4, 0.5) is 0 Å². The van der Waals surface area contributed by atoms with Crippen LogP contribution in [-0.4, -0.2) is 32.3 Å². The molecule has 27 heavy (non-hydrogen) atoms. The van der Waals surface area contributed by atoms with Gasteiger partial charge >= 0.3 is 0 Å². The van der Waals surface area contributed by atoms with Gasteiger partial charge in [-0.3, -0.25) is 0 Å². The third-order valence-electron chi connectivity index (χ3n) is 4.67. The van der Waals surface area contributed by atoms with Gasteiger partial charge in [0.2, 0.25) is 0 Å². The van der Waals surface area contributed by atoms with Crippen molar-refractivity contribution in [2.45, 2.75) is 20.4 Å². The van der Waals surface area contributed by atoms with Gasteiger partial charge in [0.1, 0.15) is 25.0 Å². The van der Waals surface area contributed by atoms with E-state index in [1.807, 2.05) is 30.5 Å². The molecule has 6 nitrogen and oxygen atoms in total. The normalized spacial score (nSPS) is 11.5. The van der Waals surface area contributed by atoms with Crippen molar-refractivity contribution in [3.05, 3.63) is 78.0 Å². The fraction of sp³-hybridized carbons (Fsp3) is 0.190. The fourth-order valence-electron chi connectivity index (χ4n) is 3.25. The Morgan fingerprint density at radius 1 is 1.00 bits per heavy atom. The molecule has 0 unspecified atom stereocenters. The van der Waals surface area contributed by atoms with E-state index in [1.165, 1.54) is 10.9 Å². The van der Waals surface area contributed by atoms with Gasteiger partial charge in [0.05, 0.1) is 12.8 Å². The minimum Gasteiger partial charge on any atom is -0.491 e. The highest BCUT2D eigenvalue weighted by molar-refractivity contribution is 6.01. The van der Waals surface area contributed by atoms with Crippen molar-refractivity contribution < 1.29 is 4.74 Å². The molecule has 2 aromatic heterocycles. The van der Waals surface area contributed by atoms with Crippen LogP contribution in [-0.2, 0) is 6.54 Å². The van der Waals surface area contributed by atoms with E-state index in [-0.39, 0.29) is 0 Å². The van der Waals surface area contributed by atoms with Crippen molar-refractivity contribution in [1.82, 2.24) is 19.4 Å². The van der Waals surface area contributed by atoms with Crippen LogP contribution in [0, 0.1) is 13.8 Å². The second-order valence-corrected chi connectivity index (χ2v) is 6.37. The van der Waals surface area contributed by atoms with Crippen molar-refractivity contribution in [2.24, 2.45) is 5.10 Å². The number of rotatable bonds is 6. The van der Waals surface area contributed by atoms with E-state index >= 15 is 0 Å². The molecule has 0 aliphatic carbocycles. The van der Waals surface area contributed by atoms with E-state index in [4.69, 9.17) is 4.74 Å². The van der Waals surface area contributed by atoms with Gasteiger partial charge in [0.15, 0.2) is 0 Å². The predicted molar refractivity (Wildman–Crippen MR) is 106 cm³/mol. The van der Waals surface area contributed by atoms with E-state index in [0.29, 0.717) is 6.61 Å². The SMILES string of the molecule is Cc1ccccc1OCCn1c(C)c(C=Nn2cnnc2)c2ccccc21. The van der Waals surface area contributed by atoms with Crippen molar-refractivity contribution in [2.75, 3.05) is 6.61 Å². The highest BCUT2D eigenvalue weighted by atomic mass is 16.5. The first-order valence-corrected chi connectivity index (χ1v) is 8.89. The maximum absolute atomic E-state index is 6.00. The molecule has 4 rings (SSSR count). The lowest BCUT2D eigenvalue weighted by molar-refractivity contribution is 0.297. The maximum Gasteiger partial charge on any atom is 0.141 e. The molecule has 0 spiro atoms. The molecule has 0 fully saturated rings. The quantitative estimate of drug-likeness (QED) is 0.492. The maximum atomic E-state index is 6.00. The molecule has 0 N–H and O–H groups in total. The van der Waals surface area contributed by atoms with Gasteiger partial charge in [0.25, 0.3) is 0 Å². The molecule has 2 aromatic carbocycles. The third kappa shape index (κ3) is 3.46. The summed E-state index contributed by atoms with van der Waals surface area (Å²) in [5, 5.41) is 13.1. The lowest BCUT2D eigenvalue weighted by Crippen LogP contribution is -2.10. The van der Waals surface area contributed by atoms with Crippen LogP contribution in [0.5, 0.6) is 5.75 Å². The summed E-state index contributed by atoms with van der Waals surface area (Å²) in [6.07, 6.45) is 5.00. The second-order valence-electron chi connectivity index (χ2n) is 6.37. The molecule has 0 atom stereocenters. The van der Waals surface area contributed by atoms with Gasteiger partial charge in [-0.15, -0.1) is 10.2 Å². The van der Waals surface area contributed by atoms with Crippen LogP contribution < -0.4 is 4.74 Å². The van der Waals surface area contributed by atoms with E-state index < -0.39 is 0 Å². The Balaban J connectivity index is 1.61. The zero-order valence-electron chi connectivity index (χ0n) is 15.4. The molecule has 0 aliphatic heterocycles. The Bertz CT molecular complexity index is 1080. The lowest BCUT2D eigenvalue weighted by Gasteiger charge is -2.12. The number of hydrogen-bond donors (Lipinski definition) is 0. The summed E-state index contributed by atoms with van der Waals surface area (Å²) in [5.74, 6) is 0.931. The minimum atomic E-state index is 0.604. The Labute approximate surface area is 157 Å². The summed E-state index contributed by atoms with van der Waals surface area (Å²) in [6, 6.07) is 16.4. The topological polar surface area (TPSA) is 57.2 Å². The molecule has 2 heterocycles. The predicted octanol–water partition coefficient (Wildman–Crippen LogP) is 3.81. The molecule has 0 bridgehead atoms. The van der Waals surface area contributed by atoms with Gasteiger partial charge < -0.3 is 9.30 Å². The van der Waals surface area contributed by atoms with Gasteiger partial charge in [-0.2, -0.15) is 5.10 Å². The summed E-state index contributed by atoms with van der Waals surface area (Å²) < 4.78 is 9.87. The van der Waals surface area contributed by atoms with Gasteiger partial charge in [-0.25, -0.2) is 4.68 Å². The first-order chi connectivity index (χ1) is 13.2. The molecule has 0 saturated heterocycles. The van der Waals surface area contributed by atoms with Crippen LogP contribution in [0.1, 0.15) is 16.8 Å². The van der Waals surface area contributed by atoms with E-state index in [0.717, 1.165) is 29.1 Å². The third-order valence-corrected chi connectivity index (χ3v) is 4.67. The van der Waals surface area contributed by atoms with Crippen LogP contribution >= 0.6 is 0 Å². The molecule has 6 heteroatoms. The number of hydrogen-bond acceptors (Lipinski definition) is 4. The Morgan fingerprint density at radius 3 is 2.56 bits per heavy atom. The fourth-order valence-corrected chi connectivity index (χ4v) is 3.25. The molecule has 0 radical (unpaired) electrons. The second kappa shape index (κ2) is 7.45. The molecular formula is C21H21N5O. The largest absolute Gasteiger partial charge is 0.491 e. The zero-order chi connectivity index (χ0) is 18.6. The van der Waals surface area contributed by atoms with E-state index in [9.17, 15) is 0 Å². The van der Waals surface area contributed by atoms with Crippen LogP contribution in [0.3, 0.4) is 0 Å². The summed E-state index contributed by atoms with van der Waals surface area (Å²) in [4.78, 5) is 0. The average Bonchev–Trinajstić information content (AvgIpc) is 3.29. The van der Waals surface area contributed by atoms with Crippen LogP contribution in [0.2, 0.25) is 0 Å². The highest BCUT2D eigenvalue weighted by Crippen LogP contribution is 2.25. The number of aryl methyl sites for hydroxylation is 1. The van der Waals surface area contributed by atoms with Gasteiger partial charge in [0, 0.05) is 22.2 Å². The first-order valence-electron chi connectivity index (χ1n) is 8.89. The van der Waals surface area contributed by atoms with E-state index in [1.54, 1.807) is 17.3 Å². The lowest BCUT2D eigenvalue weighted by atomic mass is 10.1. The van der Waals surface area contributed by atoms with Crippen molar-refractivity contribution in [1.29, 1.82) is 0 Å². The average molecular weight is 359 g/mol. The number of benzene rings is 2. The van der Waals surface area contributed by atoms with Crippen molar-refractivity contribution in [3.63, 3.8) is 0 Å². The summed E-state index contributed by atoms with van der Waals surface area (Å²) in [6.45, 7) is 5.54. The zero-order valence-corrected chi connectivity index (χ0v) is 15.4. The summed E-state index contributed by atoms with van der Waals surface area (Å²) >= 11 is 0. The smallest absolute Gasteiger partial charge is 0.141 e. The van der Waals surface area contributed by atoms with Gasteiger partial charge in [-0.1, -0.05) is 36.4 Å². The van der Waals surface area contributed by atoms with E-state index in [2.05, 4.69) is 58.0 Å². The molecule has 0 amide bonds. The van der Waals surface area contributed by atoms with Crippen molar-refractivity contribution in [3.8, 4) is 5.75 Å². The highest BCUT2D eigenvalue weighted by Gasteiger charge is 2.12. The molecule has 0 aliphatic rings. The van der Waals surface area contributed by atoms with Crippen LogP contribution in [0.15, 0.2) is 66.3 Å². The Morgan fingerprint density at radius 2 is 1.74 bits per heavy atom. The molecule has 136 valence electrons. The number of ether oxygens (including phenoxy) is 1. The number of aromatic nitrogens is 4. The standard InChI is InChI=1S/C21H21N5O/c1-16-7-3-6-10-21(16)27-12-11-26-17(2)19(13-24-25-14-22-23-15-25)18-8-4-5-9-20(18)26/h3-10,13-15H,11-12H2,1-2H3. The Hall–Kier alpha value is -3.41. The number of para-hydroxylation sites is 2. The Kier molecular flexibility index (Phi) is 4.70. The summed E-state index contributed by atoms with van der Waals surface area (Å²) in [7, 11) is 0. The first kappa shape index (κ1) is 17.0. The monoisotopic (exact) mass is 359 g/mol. The molecule has 4 aromatic rings. The van der Waals surface area contributed by atoms with Gasteiger partial charge in [-0.05, 0) is 31.5 Å². The number of nitrogens with zero attached hydrogens (tertiary/aromatic N) is 5. The summed E-state index contributed by atoms with van der Waals surface area (Å²) in [5.41, 5.74) is 4.57. The minimum absolute atomic E-state index is 0.604. The molecule has 0 saturated carbocycles. The molecular weight excluding hydrogens is 338 g/mol. The number of fused-ring (bicyclic) bond motifs is 1.